The smallest absolute Gasteiger partial charge is 0.462 e. The minimum absolute atomic E-state index is 0.103. The van der Waals surface area contributed by atoms with Crippen molar-refractivity contribution in [2.45, 2.75) is 369 Å². The molecule has 0 fully saturated rings. The summed E-state index contributed by atoms with van der Waals surface area (Å²) < 4.78 is 68.2. The van der Waals surface area contributed by atoms with E-state index in [9.17, 15) is 43.2 Å². The van der Waals surface area contributed by atoms with Gasteiger partial charge in [0.15, 0.2) is 12.2 Å². The average Bonchev–Trinajstić information content (AvgIpc) is 3.67. The van der Waals surface area contributed by atoms with E-state index in [1.807, 2.05) is 0 Å². The molecule has 0 spiro atoms. The van der Waals surface area contributed by atoms with Crippen LogP contribution in [0.25, 0.3) is 0 Å². The second kappa shape index (κ2) is 61.0. The van der Waals surface area contributed by atoms with Crippen LogP contribution in [0.2, 0.25) is 0 Å². The first-order chi connectivity index (χ1) is 42.7. The van der Waals surface area contributed by atoms with Gasteiger partial charge < -0.3 is 33.8 Å². The summed E-state index contributed by atoms with van der Waals surface area (Å²) in [5.41, 5.74) is 0. The van der Waals surface area contributed by atoms with Crippen molar-refractivity contribution in [1.82, 2.24) is 0 Å². The number of carbonyl (C=O) groups is 4. The minimum Gasteiger partial charge on any atom is -0.462 e. The van der Waals surface area contributed by atoms with Crippen LogP contribution in [0.5, 0.6) is 0 Å². The van der Waals surface area contributed by atoms with E-state index in [4.69, 9.17) is 37.0 Å². The number of ether oxygens (including phenoxy) is 4. The van der Waals surface area contributed by atoms with Crippen molar-refractivity contribution in [3.8, 4) is 0 Å². The van der Waals surface area contributed by atoms with Crippen molar-refractivity contribution >= 4 is 39.5 Å². The van der Waals surface area contributed by atoms with Crippen LogP contribution in [0.15, 0.2) is 0 Å². The predicted molar refractivity (Wildman–Crippen MR) is 358 cm³/mol. The third-order valence-electron chi connectivity index (χ3n) is 16.1. The second-order valence-corrected chi connectivity index (χ2v) is 29.6. The number of aliphatic hydroxyl groups is 1. The molecule has 0 amide bonds. The van der Waals surface area contributed by atoms with E-state index in [0.29, 0.717) is 31.6 Å². The van der Waals surface area contributed by atoms with Gasteiger partial charge >= 0.3 is 39.5 Å². The van der Waals surface area contributed by atoms with Crippen molar-refractivity contribution in [2.75, 3.05) is 39.6 Å². The maximum absolute atomic E-state index is 13.0. The molecule has 0 heterocycles. The van der Waals surface area contributed by atoms with Crippen LogP contribution >= 0.6 is 15.6 Å². The fourth-order valence-corrected chi connectivity index (χ4v) is 12.1. The molecule has 0 saturated carbocycles. The highest BCUT2D eigenvalue weighted by Gasteiger charge is 2.30. The maximum Gasteiger partial charge on any atom is 0.472 e. The van der Waals surface area contributed by atoms with E-state index in [0.717, 1.165) is 102 Å². The lowest BCUT2D eigenvalue weighted by atomic mass is 10.0. The van der Waals surface area contributed by atoms with E-state index >= 15 is 0 Å². The number of hydrogen-bond donors (Lipinski definition) is 3. The monoisotopic (exact) mass is 1310 g/mol. The number of hydrogen-bond acceptors (Lipinski definition) is 15. The second-order valence-electron chi connectivity index (χ2n) is 26.7. The molecule has 89 heavy (non-hydrogen) atoms. The molecule has 0 saturated heterocycles. The van der Waals surface area contributed by atoms with Crippen molar-refractivity contribution in [2.24, 2.45) is 17.8 Å². The molecule has 0 aliphatic rings. The largest absolute Gasteiger partial charge is 0.472 e. The molecule has 2 unspecified atom stereocenters. The van der Waals surface area contributed by atoms with Crippen LogP contribution in [-0.2, 0) is 65.4 Å². The first-order valence-electron chi connectivity index (χ1n) is 36.3. The zero-order chi connectivity index (χ0) is 65.9. The van der Waals surface area contributed by atoms with E-state index in [2.05, 4.69) is 48.5 Å². The molecular weight excluding hydrogens is 1170 g/mol. The molecule has 0 aromatic rings. The number of unbranched alkanes of at least 4 members (excludes halogenated alkanes) is 36. The lowest BCUT2D eigenvalue weighted by Crippen LogP contribution is -2.30. The number of phosphoric ester groups is 2. The van der Waals surface area contributed by atoms with Crippen LogP contribution in [0.1, 0.15) is 350 Å². The molecular formula is C70H136O17P2. The van der Waals surface area contributed by atoms with Crippen molar-refractivity contribution in [1.29, 1.82) is 0 Å². The Balaban J connectivity index is 5.21. The maximum atomic E-state index is 13.0. The summed E-state index contributed by atoms with van der Waals surface area (Å²) in [6, 6.07) is 0. The molecule has 0 bridgehead atoms. The topological polar surface area (TPSA) is 237 Å². The fourth-order valence-electron chi connectivity index (χ4n) is 10.5. The van der Waals surface area contributed by atoms with Gasteiger partial charge in [-0.05, 0) is 43.4 Å². The summed E-state index contributed by atoms with van der Waals surface area (Å²) >= 11 is 0. The number of aliphatic hydroxyl groups excluding tert-OH is 1. The van der Waals surface area contributed by atoms with E-state index < -0.39 is 97.5 Å². The van der Waals surface area contributed by atoms with Gasteiger partial charge in [-0.2, -0.15) is 0 Å². The first-order valence-corrected chi connectivity index (χ1v) is 39.3. The first kappa shape index (κ1) is 87.1. The van der Waals surface area contributed by atoms with Gasteiger partial charge in [-0.15, -0.1) is 0 Å². The highest BCUT2D eigenvalue weighted by atomic mass is 31.2. The fraction of sp³-hybridized carbons (Fsp3) is 0.943. The van der Waals surface area contributed by atoms with Gasteiger partial charge in [0.25, 0.3) is 0 Å². The Morgan fingerprint density at radius 2 is 0.517 bits per heavy atom. The number of carbonyl (C=O) groups excluding carboxylic acids is 4. The molecule has 0 aliphatic heterocycles. The van der Waals surface area contributed by atoms with Crippen LogP contribution in [0.3, 0.4) is 0 Å². The molecule has 0 aromatic carbocycles. The summed E-state index contributed by atoms with van der Waals surface area (Å²) in [4.78, 5) is 72.4. The molecule has 0 rings (SSSR count). The Bertz CT molecular complexity index is 1750. The van der Waals surface area contributed by atoms with Gasteiger partial charge in [0.05, 0.1) is 26.4 Å². The zero-order valence-corrected chi connectivity index (χ0v) is 59.7. The molecule has 17 nitrogen and oxygen atoms in total. The number of rotatable bonds is 68. The molecule has 0 aliphatic carbocycles. The van der Waals surface area contributed by atoms with Crippen molar-refractivity contribution < 1.29 is 80.2 Å². The summed E-state index contributed by atoms with van der Waals surface area (Å²) in [6.45, 7) is 11.8. The molecule has 0 aromatic heterocycles. The van der Waals surface area contributed by atoms with Crippen LogP contribution in [-0.4, -0.2) is 96.7 Å². The number of esters is 4. The summed E-state index contributed by atoms with van der Waals surface area (Å²) in [7, 11) is -9.90. The van der Waals surface area contributed by atoms with Gasteiger partial charge in [-0.3, -0.25) is 37.3 Å². The Kier molecular flexibility index (Phi) is 59.6. The van der Waals surface area contributed by atoms with E-state index in [-0.39, 0.29) is 25.7 Å². The lowest BCUT2D eigenvalue weighted by molar-refractivity contribution is -0.161. The molecule has 5 atom stereocenters. The molecule has 528 valence electrons. The van der Waals surface area contributed by atoms with Gasteiger partial charge in [-0.25, -0.2) is 9.13 Å². The van der Waals surface area contributed by atoms with E-state index in [1.54, 1.807) is 0 Å². The minimum atomic E-state index is -4.95. The molecule has 0 radical (unpaired) electrons. The predicted octanol–water partition coefficient (Wildman–Crippen LogP) is 19.8. The van der Waals surface area contributed by atoms with E-state index in [1.165, 1.54) is 161 Å². The summed E-state index contributed by atoms with van der Waals surface area (Å²) in [5.74, 6) is 0.113. The standard InChI is InChI=1S/C70H136O17P2/c1-8-9-10-11-12-21-30-37-44-51-67(72)80-58-66(87-70(75)54-47-40-33-26-29-36-43-50-63(6)7)60-85-89(78,79)83-56-64(71)55-82-88(76,77)84-59-65(57-81-68(73)52-45-38-31-25-20-23-28-35-42-49-62(4)5)86-69(74)53-46-39-32-24-19-17-15-13-14-16-18-22-27-34-41-48-61(2)3/h61-66,71H,8-60H2,1-7H3,(H,76,77)(H,78,79)/t64-,65-,66-/m1/s1. The van der Waals surface area contributed by atoms with Crippen LogP contribution in [0.4, 0.5) is 0 Å². The van der Waals surface area contributed by atoms with Crippen LogP contribution in [0, 0.1) is 17.8 Å². The zero-order valence-electron chi connectivity index (χ0n) is 57.9. The summed E-state index contributed by atoms with van der Waals surface area (Å²) in [5, 5.41) is 10.6. The summed E-state index contributed by atoms with van der Waals surface area (Å²) in [6.07, 6.45) is 44.6. The third kappa shape index (κ3) is 64.6. The highest BCUT2D eigenvalue weighted by Crippen LogP contribution is 2.45. The Hall–Kier alpha value is -1.94. The molecule has 19 heteroatoms. The number of phosphoric acid groups is 2. The molecule has 3 N–H and O–H groups in total. The van der Waals surface area contributed by atoms with Gasteiger partial charge in [-0.1, -0.05) is 299 Å². The average molecular weight is 1310 g/mol. The normalized spacial score (nSPS) is 14.2. The van der Waals surface area contributed by atoms with Crippen LogP contribution < -0.4 is 0 Å². The third-order valence-corrected chi connectivity index (χ3v) is 18.0. The Labute approximate surface area is 543 Å². The van der Waals surface area contributed by atoms with Gasteiger partial charge in [0.1, 0.15) is 19.3 Å². The van der Waals surface area contributed by atoms with Gasteiger partial charge in [0, 0.05) is 25.7 Å². The Morgan fingerprint density at radius 1 is 0.303 bits per heavy atom. The van der Waals surface area contributed by atoms with Crippen molar-refractivity contribution in [3.05, 3.63) is 0 Å². The van der Waals surface area contributed by atoms with Crippen molar-refractivity contribution in [3.63, 3.8) is 0 Å². The highest BCUT2D eigenvalue weighted by molar-refractivity contribution is 7.47. The quantitative estimate of drug-likeness (QED) is 0.0222. The Morgan fingerprint density at radius 3 is 0.764 bits per heavy atom. The lowest BCUT2D eigenvalue weighted by Gasteiger charge is -2.21. The SMILES string of the molecule is CCCCCCCCCCCC(=O)OC[C@H](COP(=O)(O)OC[C@H](O)COP(=O)(O)OC[C@@H](COC(=O)CCCCCCCCCCCC(C)C)OC(=O)CCCCCCCCCCCCCCCCCC(C)C)OC(=O)CCCCCCCCCC(C)C. The van der Waals surface area contributed by atoms with Gasteiger partial charge in [0.2, 0.25) is 0 Å².